The molecule has 0 aliphatic carbocycles. The molecule has 0 fully saturated rings. The van der Waals surface area contributed by atoms with Crippen LogP contribution in [0.1, 0.15) is 5.56 Å². The Kier molecular flexibility index (Phi) is 6.49. The molecule has 0 unspecified atom stereocenters. The Morgan fingerprint density at radius 2 is 1.79 bits per heavy atom. The third-order valence-electron chi connectivity index (χ3n) is 4.02. The van der Waals surface area contributed by atoms with Crippen LogP contribution < -0.4 is 14.8 Å². The van der Waals surface area contributed by atoms with E-state index >= 15 is 0 Å². The molecule has 1 amide bonds. The summed E-state index contributed by atoms with van der Waals surface area (Å²) < 4.78 is 10.5. The van der Waals surface area contributed by atoms with Crippen LogP contribution in [-0.4, -0.2) is 36.1 Å². The highest BCUT2D eigenvalue weighted by Gasteiger charge is 2.10. The van der Waals surface area contributed by atoms with Gasteiger partial charge in [0.2, 0.25) is 5.91 Å². The van der Waals surface area contributed by atoms with Gasteiger partial charge < -0.3 is 14.8 Å². The van der Waals surface area contributed by atoms with Gasteiger partial charge in [0.25, 0.3) is 0 Å². The SMILES string of the molecule is COc1ccc(OC)c(NC(=O)CSc2ccc(-c3ccc(C)cc3)nn2)c1. The van der Waals surface area contributed by atoms with Gasteiger partial charge in [-0.25, -0.2) is 0 Å². The van der Waals surface area contributed by atoms with Crippen molar-refractivity contribution in [2.75, 3.05) is 25.3 Å². The molecule has 0 saturated carbocycles. The van der Waals surface area contributed by atoms with Crippen LogP contribution in [0.5, 0.6) is 11.5 Å². The highest BCUT2D eigenvalue weighted by molar-refractivity contribution is 7.99. The highest BCUT2D eigenvalue weighted by Crippen LogP contribution is 2.29. The van der Waals surface area contributed by atoms with Crippen molar-refractivity contribution in [1.82, 2.24) is 10.2 Å². The first-order valence-electron chi connectivity index (χ1n) is 8.64. The van der Waals surface area contributed by atoms with Crippen LogP contribution in [-0.2, 0) is 4.79 Å². The fraction of sp³-hybridized carbons (Fsp3) is 0.190. The van der Waals surface area contributed by atoms with Crippen LogP contribution in [0.25, 0.3) is 11.3 Å². The number of hydrogen-bond donors (Lipinski definition) is 1. The van der Waals surface area contributed by atoms with Gasteiger partial charge in [-0.3, -0.25) is 4.79 Å². The maximum absolute atomic E-state index is 12.3. The summed E-state index contributed by atoms with van der Waals surface area (Å²) in [6, 6.07) is 17.1. The quantitative estimate of drug-likeness (QED) is 0.605. The monoisotopic (exact) mass is 395 g/mol. The first-order chi connectivity index (χ1) is 13.6. The standard InChI is InChI=1S/C21H21N3O3S/c1-14-4-6-15(7-5-14)17-9-11-21(24-23-17)28-13-20(25)22-18-12-16(26-2)8-10-19(18)27-3/h4-12H,13H2,1-3H3,(H,22,25). The van der Waals surface area contributed by atoms with E-state index in [1.807, 2.05) is 43.3 Å². The molecule has 1 N–H and O–H groups in total. The summed E-state index contributed by atoms with van der Waals surface area (Å²) in [6.07, 6.45) is 0. The number of benzene rings is 2. The topological polar surface area (TPSA) is 73.3 Å². The van der Waals surface area contributed by atoms with E-state index in [-0.39, 0.29) is 11.7 Å². The van der Waals surface area contributed by atoms with E-state index in [1.165, 1.54) is 17.3 Å². The van der Waals surface area contributed by atoms with E-state index in [2.05, 4.69) is 15.5 Å². The molecule has 2 aromatic carbocycles. The number of methoxy groups -OCH3 is 2. The Labute approximate surface area is 168 Å². The summed E-state index contributed by atoms with van der Waals surface area (Å²) in [5, 5.41) is 12.0. The van der Waals surface area contributed by atoms with Crippen LogP contribution in [0.3, 0.4) is 0 Å². The fourth-order valence-electron chi connectivity index (χ4n) is 2.51. The summed E-state index contributed by atoms with van der Waals surface area (Å²) in [6.45, 7) is 2.04. The molecule has 28 heavy (non-hydrogen) atoms. The van der Waals surface area contributed by atoms with Gasteiger partial charge in [0.05, 0.1) is 31.4 Å². The minimum absolute atomic E-state index is 0.166. The molecule has 0 aliphatic heterocycles. The minimum atomic E-state index is -0.166. The molecule has 3 aromatic rings. The lowest BCUT2D eigenvalue weighted by Crippen LogP contribution is -2.15. The van der Waals surface area contributed by atoms with Crippen molar-refractivity contribution in [3.8, 4) is 22.8 Å². The summed E-state index contributed by atoms with van der Waals surface area (Å²) in [4.78, 5) is 12.3. The number of anilines is 1. The lowest BCUT2D eigenvalue weighted by molar-refractivity contribution is -0.113. The number of aromatic nitrogens is 2. The van der Waals surface area contributed by atoms with E-state index in [1.54, 1.807) is 32.4 Å². The second-order valence-electron chi connectivity index (χ2n) is 6.03. The number of thioether (sulfide) groups is 1. The number of amides is 1. The molecular weight excluding hydrogens is 374 g/mol. The van der Waals surface area contributed by atoms with Crippen LogP contribution in [0.2, 0.25) is 0 Å². The molecule has 7 heteroatoms. The molecule has 0 radical (unpaired) electrons. The van der Waals surface area contributed by atoms with Crippen LogP contribution >= 0.6 is 11.8 Å². The second kappa shape index (κ2) is 9.23. The molecule has 6 nitrogen and oxygen atoms in total. The van der Waals surface area contributed by atoms with E-state index in [0.717, 1.165) is 11.3 Å². The number of rotatable bonds is 7. The van der Waals surface area contributed by atoms with Crippen molar-refractivity contribution in [3.63, 3.8) is 0 Å². The Morgan fingerprint density at radius 1 is 1.00 bits per heavy atom. The van der Waals surface area contributed by atoms with Crippen molar-refractivity contribution in [2.45, 2.75) is 11.9 Å². The van der Waals surface area contributed by atoms with Crippen molar-refractivity contribution in [2.24, 2.45) is 0 Å². The van der Waals surface area contributed by atoms with Crippen LogP contribution in [0.15, 0.2) is 59.6 Å². The van der Waals surface area contributed by atoms with E-state index in [9.17, 15) is 4.79 Å². The molecule has 3 rings (SSSR count). The highest BCUT2D eigenvalue weighted by atomic mass is 32.2. The normalized spacial score (nSPS) is 10.4. The van der Waals surface area contributed by atoms with Gasteiger partial charge in [-0.15, -0.1) is 10.2 Å². The van der Waals surface area contributed by atoms with Crippen molar-refractivity contribution >= 4 is 23.4 Å². The Morgan fingerprint density at radius 3 is 2.43 bits per heavy atom. The number of aryl methyl sites for hydroxylation is 1. The molecule has 0 aliphatic rings. The molecule has 144 valence electrons. The summed E-state index contributed by atoms with van der Waals surface area (Å²) in [5.41, 5.74) is 3.57. The maximum atomic E-state index is 12.3. The lowest BCUT2D eigenvalue weighted by Gasteiger charge is -2.11. The van der Waals surface area contributed by atoms with Gasteiger partial charge in [-0.2, -0.15) is 0 Å². The predicted octanol–water partition coefficient (Wildman–Crippen LogP) is 4.20. The molecule has 1 aromatic heterocycles. The summed E-state index contributed by atoms with van der Waals surface area (Å²) in [7, 11) is 3.12. The summed E-state index contributed by atoms with van der Waals surface area (Å²) >= 11 is 1.32. The molecule has 0 spiro atoms. The largest absolute Gasteiger partial charge is 0.497 e. The molecule has 0 bridgehead atoms. The molecule has 0 saturated heterocycles. The Balaban J connectivity index is 1.59. The zero-order valence-electron chi connectivity index (χ0n) is 15.9. The number of ether oxygens (including phenoxy) is 2. The first-order valence-corrected chi connectivity index (χ1v) is 9.63. The third-order valence-corrected chi connectivity index (χ3v) is 4.94. The smallest absolute Gasteiger partial charge is 0.234 e. The van der Waals surface area contributed by atoms with Crippen molar-refractivity contribution < 1.29 is 14.3 Å². The zero-order valence-corrected chi connectivity index (χ0v) is 16.7. The van der Waals surface area contributed by atoms with Gasteiger partial charge in [0, 0.05) is 11.6 Å². The zero-order chi connectivity index (χ0) is 19.9. The third kappa shape index (κ3) is 5.01. The number of carbonyl (C=O) groups excluding carboxylic acids is 1. The first kappa shape index (κ1) is 19.7. The maximum Gasteiger partial charge on any atom is 0.234 e. The number of hydrogen-bond acceptors (Lipinski definition) is 6. The van der Waals surface area contributed by atoms with Gasteiger partial charge in [0.1, 0.15) is 16.5 Å². The predicted molar refractivity (Wildman–Crippen MR) is 111 cm³/mol. The number of carbonyl (C=O) groups is 1. The molecular formula is C21H21N3O3S. The van der Waals surface area contributed by atoms with Gasteiger partial charge in [0.15, 0.2) is 0 Å². The van der Waals surface area contributed by atoms with Gasteiger partial charge in [-0.05, 0) is 31.2 Å². The van der Waals surface area contributed by atoms with E-state index in [0.29, 0.717) is 22.2 Å². The van der Waals surface area contributed by atoms with E-state index in [4.69, 9.17) is 9.47 Å². The average Bonchev–Trinajstić information content (AvgIpc) is 2.73. The minimum Gasteiger partial charge on any atom is -0.497 e. The Bertz CT molecular complexity index is 944. The Hall–Kier alpha value is -3.06. The van der Waals surface area contributed by atoms with E-state index < -0.39 is 0 Å². The number of nitrogens with one attached hydrogen (secondary N) is 1. The van der Waals surface area contributed by atoms with Crippen LogP contribution in [0.4, 0.5) is 5.69 Å². The fourth-order valence-corrected chi connectivity index (χ4v) is 3.13. The van der Waals surface area contributed by atoms with Gasteiger partial charge in [-0.1, -0.05) is 41.6 Å². The van der Waals surface area contributed by atoms with Crippen molar-refractivity contribution in [3.05, 3.63) is 60.2 Å². The second-order valence-corrected chi connectivity index (χ2v) is 7.02. The number of nitrogens with zero attached hydrogens (tertiary/aromatic N) is 2. The van der Waals surface area contributed by atoms with Gasteiger partial charge >= 0.3 is 0 Å². The van der Waals surface area contributed by atoms with Crippen LogP contribution in [0, 0.1) is 6.92 Å². The van der Waals surface area contributed by atoms with Crippen molar-refractivity contribution in [1.29, 1.82) is 0 Å². The lowest BCUT2D eigenvalue weighted by atomic mass is 10.1. The average molecular weight is 395 g/mol. The molecule has 1 heterocycles. The molecule has 0 atom stereocenters. The summed E-state index contributed by atoms with van der Waals surface area (Å²) in [5.74, 6) is 1.25.